The first-order valence-corrected chi connectivity index (χ1v) is 19.4. The zero-order valence-electron chi connectivity index (χ0n) is 32.4. The molecule has 0 aliphatic rings. The summed E-state index contributed by atoms with van der Waals surface area (Å²) in [6, 6.07) is 0. The largest absolute Gasteiger partial charge is 0.393 e. The Bertz CT molecular complexity index is 601. The highest BCUT2D eigenvalue weighted by Crippen LogP contribution is 2.29. The zero-order valence-corrected chi connectivity index (χ0v) is 32.4. The lowest BCUT2D eigenvalue weighted by Gasteiger charge is -2.26. The Labute approximate surface area is 282 Å². The summed E-state index contributed by atoms with van der Waals surface area (Å²) < 4.78 is 18.5. The lowest BCUT2D eigenvalue weighted by molar-refractivity contribution is -0.247. The predicted molar refractivity (Wildman–Crippen MR) is 193 cm³/mol. The van der Waals surface area contributed by atoms with Crippen LogP contribution in [0.5, 0.6) is 0 Å². The molecule has 0 aromatic carbocycles. The van der Waals surface area contributed by atoms with Gasteiger partial charge in [-0.25, -0.2) is 0 Å². The summed E-state index contributed by atoms with van der Waals surface area (Å²) in [7, 11) is 0. The number of hydrogen-bond donors (Lipinski definition) is 2. The third-order valence-corrected chi connectivity index (χ3v) is 9.60. The molecule has 45 heavy (non-hydrogen) atoms. The van der Waals surface area contributed by atoms with Crippen molar-refractivity contribution in [2.75, 3.05) is 13.2 Å². The summed E-state index contributed by atoms with van der Waals surface area (Å²) in [5.41, 5.74) is 0. The molecule has 0 amide bonds. The van der Waals surface area contributed by atoms with Crippen molar-refractivity contribution >= 4 is 0 Å². The van der Waals surface area contributed by atoms with Gasteiger partial charge in [0.1, 0.15) is 0 Å². The fourth-order valence-electron chi connectivity index (χ4n) is 8.29. The van der Waals surface area contributed by atoms with Crippen LogP contribution >= 0.6 is 0 Å². The van der Waals surface area contributed by atoms with Gasteiger partial charge >= 0.3 is 0 Å². The molecular formula is C40H82O5. The molecule has 0 bridgehead atoms. The molecule has 12 unspecified atom stereocenters. The minimum Gasteiger partial charge on any atom is -0.393 e. The first-order valence-electron chi connectivity index (χ1n) is 19.4. The fourth-order valence-corrected chi connectivity index (χ4v) is 8.29. The molecule has 12 atom stereocenters. The van der Waals surface area contributed by atoms with Crippen molar-refractivity contribution in [2.45, 2.75) is 198 Å². The van der Waals surface area contributed by atoms with Crippen molar-refractivity contribution in [2.24, 2.45) is 47.3 Å². The lowest BCUT2D eigenvalue weighted by atomic mass is 9.83. The van der Waals surface area contributed by atoms with Crippen LogP contribution in [0.25, 0.3) is 0 Å². The van der Waals surface area contributed by atoms with Crippen LogP contribution in [0.15, 0.2) is 0 Å². The van der Waals surface area contributed by atoms with Crippen molar-refractivity contribution < 1.29 is 24.4 Å². The Hall–Kier alpha value is -0.200. The van der Waals surface area contributed by atoms with Crippen LogP contribution in [-0.4, -0.2) is 48.2 Å². The third kappa shape index (κ3) is 26.4. The van der Waals surface area contributed by atoms with Gasteiger partial charge in [0.25, 0.3) is 0 Å². The first-order chi connectivity index (χ1) is 21.1. The molecule has 5 nitrogen and oxygen atoms in total. The summed E-state index contributed by atoms with van der Waals surface area (Å²) in [6.45, 7) is 28.2. The monoisotopic (exact) mass is 643 g/mol. The second-order valence-corrected chi connectivity index (χ2v) is 16.2. The highest BCUT2D eigenvalue weighted by Gasteiger charge is 2.21. The van der Waals surface area contributed by atoms with E-state index in [-0.39, 0.29) is 24.8 Å². The van der Waals surface area contributed by atoms with E-state index in [1.54, 1.807) is 0 Å². The molecule has 0 rings (SSSR count). The van der Waals surface area contributed by atoms with Gasteiger partial charge in [0.15, 0.2) is 12.6 Å². The van der Waals surface area contributed by atoms with E-state index < -0.39 is 0 Å². The normalized spacial score (nSPS) is 20.4. The number of rotatable bonds is 30. The van der Waals surface area contributed by atoms with Crippen molar-refractivity contribution in [1.82, 2.24) is 0 Å². The van der Waals surface area contributed by atoms with Gasteiger partial charge in [-0.2, -0.15) is 0 Å². The molecule has 5 heteroatoms. The van der Waals surface area contributed by atoms with Gasteiger partial charge in [0, 0.05) is 13.2 Å². The van der Waals surface area contributed by atoms with Gasteiger partial charge in [0.05, 0.1) is 12.2 Å². The van der Waals surface area contributed by atoms with Crippen molar-refractivity contribution in [3.05, 3.63) is 0 Å². The molecule has 0 saturated heterocycles. The SMILES string of the molecule is CCOC(CCCC(C)CC(C)CC(C)CC(C)CC(C)O)OC(CCCC(C)CC(C)CC(C)CC(C)CC(C)O)OCC. The number of ether oxygens (including phenoxy) is 3. The van der Waals surface area contributed by atoms with Gasteiger partial charge in [-0.15, -0.1) is 0 Å². The standard InChI is InChI=1S/C40H82O5/c1-13-43-39(19-15-17-29(3)21-31(5)23-33(7)25-35(9)27-37(11)41)45-40(44-14-2)20-16-18-30(4)22-32(6)24-34(8)26-36(10)28-38(12)42/h29-42H,13-28H2,1-12H3. The summed E-state index contributed by atoms with van der Waals surface area (Å²) >= 11 is 0. The molecule has 0 aromatic heterocycles. The average Bonchev–Trinajstić information content (AvgIpc) is 2.87. The molecular weight excluding hydrogens is 560 g/mol. The maximum Gasteiger partial charge on any atom is 0.160 e. The molecule has 0 aliphatic carbocycles. The van der Waals surface area contributed by atoms with Crippen LogP contribution in [0.4, 0.5) is 0 Å². The predicted octanol–water partition coefficient (Wildman–Crippen LogP) is 11.0. The summed E-state index contributed by atoms with van der Waals surface area (Å²) in [6.07, 6.45) is 15.0. The topological polar surface area (TPSA) is 68.2 Å². The van der Waals surface area contributed by atoms with Crippen molar-refractivity contribution in [3.8, 4) is 0 Å². The fraction of sp³-hybridized carbons (Fsp3) is 1.00. The zero-order chi connectivity index (χ0) is 34.4. The Morgan fingerprint density at radius 3 is 0.911 bits per heavy atom. The Kier molecular flexibility index (Phi) is 26.6. The van der Waals surface area contributed by atoms with Crippen LogP contribution in [0.1, 0.15) is 173 Å². The summed E-state index contributed by atoms with van der Waals surface area (Å²) in [5, 5.41) is 19.4. The second-order valence-electron chi connectivity index (χ2n) is 16.2. The van der Waals surface area contributed by atoms with Gasteiger partial charge in [0.2, 0.25) is 0 Å². The highest BCUT2D eigenvalue weighted by molar-refractivity contribution is 4.69. The van der Waals surface area contributed by atoms with Crippen LogP contribution in [0.2, 0.25) is 0 Å². The highest BCUT2D eigenvalue weighted by atomic mass is 16.8. The molecule has 0 aliphatic heterocycles. The summed E-state index contributed by atoms with van der Waals surface area (Å²) in [5.74, 6) is 5.47. The van der Waals surface area contributed by atoms with Gasteiger partial charge < -0.3 is 24.4 Å². The molecule has 0 aromatic rings. The van der Waals surface area contributed by atoms with E-state index in [0.29, 0.717) is 48.7 Å². The minimum atomic E-state index is -0.193. The van der Waals surface area contributed by atoms with Crippen LogP contribution < -0.4 is 0 Å². The smallest absolute Gasteiger partial charge is 0.160 e. The first kappa shape index (κ1) is 44.8. The molecule has 2 N–H and O–H groups in total. The van der Waals surface area contributed by atoms with Crippen molar-refractivity contribution in [1.29, 1.82) is 0 Å². The maximum absolute atomic E-state index is 9.68. The van der Waals surface area contributed by atoms with Gasteiger partial charge in [-0.3, -0.25) is 0 Å². The third-order valence-electron chi connectivity index (χ3n) is 9.60. The van der Waals surface area contributed by atoms with E-state index >= 15 is 0 Å². The Morgan fingerprint density at radius 2 is 0.644 bits per heavy atom. The Balaban J connectivity index is 4.50. The van der Waals surface area contributed by atoms with Crippen LogP contribution in [0, 0.1) is 47.3 Å². The molecule has 0 saturated carbocycles. The number of aliphatic hydroxyl groups excluding tert-OH is 2. The van der Waals surface area contributed by atoms with E-state index in [0.717, 1.165) is 50.4 Å². The van der Waals surface area contributed by atoms with Gasteiger partial charge in [-0.05, 0) is 152 Å². The Morgan fingerprint density at radius 1 is 0.378 bits per heavy atom. The molecule has 0 radical (unpaired) electrons. The molecule has 272 valence electrons. The van der Waals surface area contributed by atoms with E-state index in [1.165, 1.54) is 51.4 Å². The molecule has 0 spiro atoms. The second kappa shape index (κ2) is 26.7. The van der Waals surface area contributed by atoms with E-state index in [1.807, 2.05) is 13.8 Å². The van der Waals surface area contributed by atoms with E-state index in [2.05, 4.69) is 69.2 Å². The van der Waals surface area contributed by atoms with Crippen LogP contribution in [0.3, 0.4) is 0 Å². The van der Waals surface area contributed by atoms with E-state index in [9.17, 15) is 10.2 Å². The quantitative estimate of drug-likeness (QED) is 0.0763. The van der Waals surface area contributed by atoms with E-state index in [4.69, 9.17) is 14.2 Å². The number of aliphatic hydroxyl groups is 2. The van der Waals surface area contributed by atoms with Crippen molar-refractivity contribution in [3.63, 3.8) is 0 Å². The minimum absolute atomic E-state index is 0.192. The average molecular weight is 643 g/mol. The molecule has 0 heterocycles. The van der Waals surface area contributed by atoms with Crippen LogP contribution in [-0.2, 0) is 14.2 Å². The van der Waals surface area contributed by atoms with Gasteiger partial charge in [-0.1, -0.05) is 68.2 Å². The lowest BCUT2D eigenvalue weighted by Crippen LogP contribution is -2.27. The number of hydrogen-bond acceptors (Lipinski definition) is 5. The summed E-state index contributed by atoms with van der Waals surface area (Å²) in [4.78, 5) is 0. The maximum atomic E-state index is 9.68. The molecule has 0 fully saturated rings.